The lowest BCUT2D eigenvalue weighted by atomic mass is 9.86. The molecule has 0 spiro atoms. The maximum Gasteiger partial charge on any atom is 0.122 e. The van der Waals surface area contributed by atoms with Gasteiger partial charge in [0.2, 0.25) is 0 Å². The summed E-state index contributed by atoms with van der Waals surface area (Å²) in [6.07, 6.45) is 14.6. The Balaban J connectivity index is 1.57. The molecule has 0 amide bonds. The van der Waals surface area contributed by atoms with Gasteiger partial charge in [-0.25, -0.2) is 5.84 Å². The molecule has 112 valence electrons. The molecular formula is C16H23N5. The summed E-state index contributed by atoms with van der Waals surface area (Å²) in [6, 6.07) is 4.14. The summed E-state index contributed by atoms with van der Waals surface area (Å²) in [5.41, 5.74) is 7.13. The van der Waals surface area contributed by atoms with Crippen LogP contribution in [0.25, 0.3) is 0 Å². The molecule has 4 N–H and O–H groups in total. The summed E-state index contributed by atoms with van der Waals surface area (Å²) in [5, 5.41) is 1.63. The molecule has 1 unspecified atom stereocenters. The normalized spacial score (nSPS) is 26.4. The first-order valence-corrected chi connectivity index (χ1v) is 7.51. The Morgan fingerprint density at radius 2 is 1.90 bits per heavy atom. The van der Waals surface area contributed by atoms with Crippen LogP contribution < -0.4 is 16.5 Å². The van der Waals surface area contributed by atoms with Gasteiger partial charge in [-0.15, -0.1) is 0 Å². The Bertz CT molecular complexity index is 519. The monoisotopic (exact) mass is 285 g/mol. The molecular weight excluding hydrogens is 262 g/mol. The molecule has 1 atom stereocenters. The number of pyridine rings is 1. The summed E-state index contributed by atoms with van der Waals surface area (Å²) < 4.78 is 0. The molecule has 5 nitrogen and oxygen atoms in total. The van der Waals surface area contributed by atoms with Crippen molar-refractivity contribution in [2.24, 2.45) is 17.5 Å². The highest BCUT2D eigenvalue weighted by molar-refractivity contribution is 5.44. The van der Waals surface area contributed by atoms with Crippen molar-refractivity contribution < 1.29 is 0 Å². The third-order valence-corrected chi connectivity index (χ3v) is 4.48. The fourth-order valence-electron chi connectivity index (χ4n) is 3.18. The molecule has 1 saturated heterocycles. The first kappa shape index (κ1) is 14.1. The van der Waals surface area contributed by atoms with Crippen molar-refractivity contribution in [2.45, 2.75) is 24.9 Å². The number of hydrogen-bond acceptors (Lipinski definition) is 5. The summed E-state index contributed by atoms with van der Waals surface area (Å²) in [5.74, 6) is 6.61. The molecule has 1 aromatic rings. The Morgan fingerprint density at radius 1 is 1.19 bits per heavy atom. The topological polar surface area (TPSA) is 71.4 Å². The van der Waals surface area contributed by atoms with Crippen LogP contribution in [0, 0.1) is 5.92 Å². The van der Waals surface area contributed by atoms with Gasteiger partial charge in [-0.05, 0) is 49.5 Å². The standard InChI is InChI=1S/C16H23N5/c17-16(7-1-2-10-21(16)18)13-14-5-11-20(12-6-14)15-3-8-19-9-4-15/h1-4,7-10,14H,5-6,11-13,17-18H2. The van der Waals surface area contributed by atoms with Crippen LogP contribution >= 0.6 is 0 Å². The smallest absolute Gasteiger partial charge is 0.122 e. The van der Waals surface area contributed by atoms with Crippen LogP contribution in [-0.2, 0) is 0 Å². The van der Waals surface area contributed by atoms with Crippen molar-refractivity contribution >= 4 is 5.69 Å². The number of aromatic nitrogens is 1. The Kier molecular flexibility index (Phi) is 3.94. The maximum absolute atomic E-state index is 6.42. The molecule has 3 heterocycles. The molecule has 2 aliphatic heterocycles. The van der Waals surface area contributed by atoms with E-state index in [1.165, 1.54) is 5.69 Å². The number of nitrogens with two attached hydrogens (primary N) is 2. The fraction of sp³-hybridized carbons (Fsp3) is 0.438. The van der Waals surface area contributed by atoms with Crippen LogP contribution in [0.3, 0.4) is 0 Å². The Labute approximate surface area is 125 Å². The zero-order chi connectivity index (χ0) is 14.7. The molecule has 1 aromatic heterocycles. The van der Waals surface area contributed by atoms with Crippen LogP contribution in [0.5, 0.6) is 0 Å². The molecule has 0 aromatic carbocycles. The quantitative estimate of drug-likeness (QED) is 0.825. The van der Waals surface area contributed by atoms with Gasteiger partial charge in [0.05, 0.1) is 0 Å². The molecule has 3 rings (SSSR count). The van der Waals surface area contributed by atoms with Crippen molar-refractivity contribution in [2.75, 3.05) is 18.0 Å². The van der Waals surface area contributed by atoms with Gasteiger partial charge < -0.3 is 10.6 Å². The first-order chi connectivity index (χ1) is 10.2. The SMILES string of the molecule is NN1C=CC=CC1(N)CC1CCN(c2ccncc2)CC1. The zero-order valence-electron chi connectivity index (χ0n) is 12.2. The number of hydrazine groups is 1. The van der Waals surface area contributed by atoms with Gasteiger partial charge in [-0.1, -0.05) is 6.08 Å². The van der Waals surface area contributed by atoms with Gasteiger partial charge in [0, 0.05) is 37.4 Å². The Hall–Kier alpha value is -1.85. The second kappa shape index (κ2) is 5.87. The van der Waals surface area contributed by atoms with E-state index >= 15 is 0 Å². The minimum Gasteiger partial charge on any atom is -0.371 e. The highest BCUT2D eigenvalue weighted by Gasteiger charge is 2.32. The number of allylic oxidation sites excluding steroid dienone is 2. The van der Waals surface area contributed by atoms with Crippen LogP contribution in [0.2, 0.25) is 0 Å². The van der Waals surface area contributed by atoms with Crippen molar-refractivity contribution in [1.29, 1.82) is 0 Å². The second-order valence-corrected chi connectivity index (χ2v) is 5.94. The van der Waals surface area contributed by atoms with E-state index in [4.69, 9.17) is 11.6 Å². The number of rotatable bonds is 3. The van der Waals surface area contributed by atoms with Gasteiger partial charge in [-0.2, -0.15) is 0 Å². The lowest BCUT2D eigenvalue weighted by Crippen LogP contribution is -2.57. The predicted molar refractivity (Wildman–Crippen MR) is 85.0 cm³/mol. The van der Waals surface area contributed by atoms with Crippen molar-refractivity contribution in [3.8, 4) is 0 Å². The average Bonchev–Trinajstić information content (AvgIpc) is 2.52. The molecule has 0 saturated carbocycles. The molecule has 1 fully saturated rings. The predicted octanol–water partition coefficient (Wildman–Crippen LogP) is 1.60. The van der Waals surface area contributed by atoms with Gasteiger partial charge in [-0.3, -0.25) is 9.99 Å². The third-order valence-electron chi connectivity index (χ3n) is 4.48. The minimum atomic E-state index is -0.543. The second-order valence-electron chi connectivity index (χ2n) is 5.94. The third kappa shape index (κ3) is 3.09. The fourth-order valence-corrected chi connectivity index (χ4v) is 3.18. The van der Waals surface area contributed by atoms with Crippen LogP contribution in [-0.4, -0.2) is 28.7 Å². The van der Waals surface area contributed by atoms with E-state index in [0.29, 0.717) is 5.92 Å². The van der Waals surface area contributed by atoms with Gasteiger partial charge >= 0.3 is 0 Å². The molecule has 21 heavy (non-hydrogen) atoms. The van der Waals surface area contributed by atoms with Crippen LogP contribution in [0.4, 0.5) is 5.69 Å². The van der Waals surface area contributed by atoms with E-state index in [2.05, 4.69) is 22.0 Å². The molecule has 0 radical (unpaired) electrons. The number of anilines is 1. The van der Waals surface area contributed by atoms with E-state index < -0.39 is 5.66 Å². The number of nitrogens with zero attached hydrogens (tertiary/aromatic N) is 3. The lowest BCUT2D eigenvalue weighted by Gasteiger charge is -2.41. The van der Waals surface area contributed by atoms with E-state index in [9.17, 15) is 0 Å². The lowest BCUT2D eigenvalue weighted by molar-refractivity contribution is 0.153. The molecule has 0 aliphatic carbocycles. The minimum absolute atomic E-state index is 0.543. The summed E-state index contributed by atoms with van der Waals surface area (Å²) in [6.45, 7) is 2.13. The summed E-state index contributed by atoms with van der Waals surface area (Å²) >= 11 is 0. The van der Waals surface area contributed by atoms with E-state index in [0.717, 1.165) is 32.4 Å². The molecule has 5 heteroatoms. The van der Waals surface area contributed by atoms with Crippen molar-refractivity contribution in [3.05, 3.63) is 49.0 Å². The van der Waals surface area contributed by atoms with Gasteiger partial charge in [0.25, 0.3) is 0 Å². The van der Waals surface area contributed by atoms with E-state index in [-0.39, 0.29) is 0 Å². The average molecular weight is 285 g/mol. The van der Waals surface area contributed by atoms with Crippen molar-refractivity contribution in [1.82, 2.24) is 9.99 Å². The van der Waals surface area contributed by atoms with Gasteiger partial charge in [0.15, 0.2) is 0 Å². The number of piperidine rings is 1. The number of hydrogen-bond donors (Lipinski definition) is 2. The van der Waals surface area contributed by atoms with Crippen molar-refractivity contribution in [3.63, 3.8) is 0 Å². The van der Waals surface area contributed by atoms with Crippen LogP contribution in [0.1, 0.15) is 19.3 Å². The van der Waals surface area contributed by atoms with Crippen LogP contribution in [0.15, 0.2) is 49.0 Å². The first-order valence-electron chi connectivity index (χ1n) is 7.51. The molecule has 2 aliphatic rings. The Morgan fingerprint density at radius 3 is 2.57 bits per heavy atom. The summed E-state index contributed by atoms with van der Waals surface area (Å²) in [7, 11) is 0. The highest BCUT2D eigenvalue weighted by atomic mass is 15.5. The highest BCUT2D eigenvalue weighted by Crippen LogP contribution is 2.30. The largest absolute Gasteiger partial charge is 0.371 e. The molecule has 0 bridgehead atoms. The summed E-state index contributed by atoms with van der Waals surface area (Å²) in [4.78, 5) is 6.49. The zero-order valence-corrected chi connectivity index (χ0v) is 12.2. The van der Waals surface area contributed by atoms with E-state index in [1.807, 2.05) is 36.8 Å². The van der Waals surface area contributed by atoms with E-state index in [1.54, 1.807) is 5.01 Å². The van der Waals surface area contributed by atoms with Gasteiger partial charge in [0.1, 0.15) is 5.66 Å². The maximum atomic E-state index is 6.42.